The molecular weight excluding hydrogens is 226 g/mol. The quantitative estimate of drug-likeness (QED) is 0.807. The van der Waals surface area contributed by atoms with Crippen molar-refractivity contribution in [2.24, 2.45) is 0 Å². The molecule has 1 nitrogen and oxygen atoms in total. The van der Waals surface area contributed by atoms with E-state index in [1.807, 2.05) is 30.9 Å². The Hall–Kier alpha value is -0.180. The molecule has 15 heavy (non-hydrogen) atoms. The summed E-state index contributed by atoms with van der Waals surface area (Å²) in [6, 6.07) is 6.09. The number of rotatable bonds is 3. The zero-order valence-electron chi connectivity index (χ0n) is 9.73. The first-order chi connectivity index (χ1) is 6.94. The molecule has 0 aliphatic carbocycles. The van der Waals surface area contributed by atoms with Gasteiger partial charge in [0.2, 0.25) is 0 Å². The topological polar surface area (TPSA) is 12.0 Å². The third-order valence-corrected chi connectivity index (χ3v) is 3.41. The second-order valence-corrected chi connectivity index (χ2v) is 6.74. The third kappa shape index (κ3) is 4.06. The molecule has 0 heterocycles. The molecule has 0 saturated heterocycles. The normalized spacial score (nSPS) is 11.8. The van der Waals surface area contributed by atoms with Crippen molar-refractivity contribution >= 4 is 23.4 Å². The van der Waals surface area contributed by atoms with Crippen LogP contribution in [-0.2, 0) is 6.54 Å². The van der Waals surface area contributed by atoms with E-state index in [1.54, 1.807) is 0 Å². The monoisotopic (exact) mass is 243 g/mol. The van der Waals surface area contributed by atoms with Crippen LogP contribution < -0.4 is 5.32 Å². The van der Waals surface area contributed by atoms with Gasteiger partial charge in [0.1, 0.15) is 0 Å². The van der Waals surface area contributed by atoms with E-state index in [0.29, 0.717) is 0 Å². The summed E-state index contributed by atoms with van der Waals surface area (Å²) in [6.07, 6.45) is 0. The van der Waals surface area contributed by atoms with Crippen LogP contribution in [0.3, 0.4) is 0 Å². The molecule has 0 aliphatic heterocycles. The van der Waals surface area contributed by atoms with E-state index < -0.39 is 0 Å². The standard InChI is InChI=1S/C12H18ClNS/c1-12(2,3)15-11-7-5-6-10(13)9(11)8-14-4/h5-7,14H,8H2,1-4H3. The number of nitrogens with one attached hydrogen (secondary N) is 1. The SMILES string of the molecule is CNCc1c(Cl)cccc1SC(C)(C)C. The average Bonchev–Trinajstić information content (AvgIpc) is 2.08. The lowest BCUT2D eigenvalue weighted by Gasteiger charge is -2.20. The highest BCUT2D eigenvalue weighted by molar-refractivity contribution is 8.00. The predicted molar refractivity (Wildman–Crippen MR) is 69.8 cm³/mol. The number of hydrogen-bond donors (Lipinski definition) is 1. The van der Waals surface area contributed by atoms with Crippen molar-refractivity contribution in [2.45, 2.75) is 37.0 Å². The van der Waals surface area contributed by atoms with Crippen LogP contribution >= 0.6 is 23.4 Å². The Bertz CT molecular complexity index is 331. The summed E-state index contributed by atoms with van der Waals surface area (Å²) in [5.74, 6) is 0. The van der Waals surface area contributed by atoms with Gasteiger partial charge < -0.3 is 5.32 Å². The molecule has 0 spiro atoms. The molecule has 0 amide bonds. The fourth-order valence-electron chi connectivity index (χ4n) is 1.31. The fourth-order valence-corrected chi connectivity index (χ4v) is 2.72. The van der Waals surface area contributed by atoms with Gasteiger partial charge in [-0.1, -0.05) is 38.4 Å². The van der Waals surface area contributed by atoms with Gasteiger partial charge in [0.25, 0.3) is 0 Å². The zero-order valence-corrected chi connectivity index (χ0v) is 11.3. The van der Waals surface area contributed by atoms with Gasteiger partial charge in [0.05, 0.1) is 0 Å². The van der Waals surface area contributed by atoms with Gasteiger partial charge in [-0.05, 0) is 24.7 Å². The number of hydrogen-bond acceptors (Lipinski definition) is 2. The molecule has 1 aromatic rings. The van der Waals surface area contributed by atoms with Crippen LogP contribution in [0.2, 0.25) is 5.02 Å². The second-order valence-electron chi connectivity index (χ2n) is 4.46. The Labute approximate surface area is 102 Å². The summed E-state index contributed by atoms with van der Waals surface area (Å²) in [5, 5.41) is 4.00. The summed E-state index contributed by atoms with van der Waals surface area (Å²) >= 11 is 8.04. The molecule has 0 aromatic heterocycles. The number of halogens is 1. The molecule has 0 saturated carbocycles. The summed E-state index contributed by atoms with van der Waals surface area (Å²) in [7, 11) is 1.94. The molecule has 1 aromatic carbocycles. The summed E-state index contributed by atoms with van der Waals surface area (Å²) in [6.45, 7) is 7.45. The maximum Gasteiger partial charge on any atom is 0.0462 e. The van der Waals surface area contributed by atoms with Gasteiger partial charge in [0, 0.05) is 21.2 Å². The van der Waals surface area contributed by atoms with Gasteiger partial charge in [-0.15, -0.1) is 11.8 Å². The Morgan fingerprint density at radius 2 is 2.00 bits per heavy atom. The van der Waals surface area contributed by atoms with Crippen molar-refractivity contribution < 1.29 is 0 Å². The maximum atomic E-state index is 6.18. The minimum absolute atomic E-state index is 0.215. The molecule has 0 unspecified atom stereocenters. The Balaban J connectivity index is 3.00. The van der Waals surface area contributed by atoms with E-state index in [2.05, 4.69) is 32.2 Å². The van der Waals surface area contributed by atoms with Gasteiger partial charge >= 0.3 is 0 Å². The molecule has 0 aliphatic rings. The van der Waals surface area contributed by atoms with Crippen LogP contribution in [0.1, 0.15) is 26.3 Å². The van der Waals surface area contributed by atoms with E-state index in [4.69, 9.17) is 11.6 Å². The van der Waals surface area contributed by atoms with Gasteiger partial charge in [-0.2, -0.15) is 0 Å². The third-order valence-electron chi connectivity index (χ3n) is 1.85. The lowest BCUT2D eigenvalue weighted by atomic mass is 10.2. The first-order valence-corrected chi connectivity index (χ1v) is 6.24. The van der Waals surface area contributed by atoms with Crippen molar-refractivity contribution in [1.82, 2.24) is 5.32 Å². The van der Waals surface area contributed by atoms with Crippen LogP contribution in [0.5, 0.6) is 0 Å². The molecule has 0 bridgehead atoms. The van der Waals surface area contributed by atoms with Crippen molar-refractivity contribution in [2.75, 3.05) is 7.05 Å². The van der Waals surface area contributed by atoms with Crippen molar-refractivity contribution in [3.05, 3.63) is 28.8 Å². The molecule has 0 fully saturated rings. The Kier molecular flexibility index (Phi) is 4.50. The molecule has 1 rings (SSSR count). The van der Waals surface area contributed by atoms with E-state index in [9.17, 15) is 0 Å². The van der Waals surface area contributed by atoms with E-state index in [-0.39, 0.29) is 4.75 Å². The first kappa shape index (κ1) is 12.9. The molecule has 3 heteroatoms. The minimum atomic E-state index is 0.215. The van der Waals surface area contributed by atoms with Crippen molar-refractivity contribution in [3.63, 3.8) is 0 Å². The average molecular weight is 244 g/mol. The second kappa shape index (κ2) is 5.24. The van der Waals surface area contributed by atoms with Crippen LogP contribution in [0.15, 0.2) is 23.1 Å². The van der Waals surface area contributed by atoms with Crippen LogP contribution in [0.25, 0.3) is 0 Å². The van der Waals surface area contributed by atoms with Gasteiger partial charge in [-0.3, -0.25) is 0 Å². The van der Waals surface area contributed by atoms with E-state index in [1.165, 1.54) is 10.5 Å². The van der Waals surface area contributed by atoms with Crippen molar-refractivity contribution in [3.8, 4) is 0 Å². The molecule has 0 atom stereocenters. The van der Waals surface area contributed by atoms with Crippen LogP contribution in [0.4, 0.5) is 0 Å². The Morgan fingerprint density at radius 1 is 1.33 bits per heavy atom. The largest absolute Gasteiger partial charge is 0.316 e. The minimum Gasteiger partial charge on any atom is -0.316 e. The number of benzene rings is 1. The zero-order chi connectivity index (χ0) is 11.5. The lowest BCUT2D eigenvalue weighted by molar-refractivity contribution is 0.786. The van der Waals surface area contributed by atoms with Gasteiger partial charge in [-0.25, -0.2) is 0 Å². The van der Waals surface area contributed by atoms with Gasteiger partial charge in [0.15, 0.2) is 0 Å². The first-order valence-electron chi connectivity index (χ1n) is 5.05. The molecule has 84 valence electrons. The highest BCUT2D eigenvalue weighted by Gasteiger charge is 2.15. The number of thioether (sulfide) groups is 1. The maximum absolute atomic E-state index is 6.18. The Morgan fingerprint density at radius 3 is 2.53 bits per heavy atom. The van der Waals surface area contributed by atoms with E-state index in [0.717, 1.165) is 11.6 Å². The summed E-state index contributed by atoms with van der Waals surface area (Å²) in [4.78, 5) is 1.27. The fraction of sp³-hybridized carbons (Fsp3) is 0.500. The van der Waals surface area contributed by atoms with Crippen LogP contribution in [-0.4, -0.2) is 11.8 Å². The predicted octanol–water partition coefficient (Wildman–Crippen LogP) is 3.95. The van der Waals surface area contributed by atoms with Crippen LogP contribution in [0, 0.1) is 0 Å². The highest BCUT2D eigenvalue weighted by atomic mass is 35.5. The van der Waals surface area contributed by atoms with Crippen molar-refractivity contribution in [1.29, 1.82) is 0 Å². The molecular formula is C12H18ClNS. The summed E-state index contributed by atoms with van der Waals surface area (Å²) < 4.78 is 0.215. The molecule has 0 radical (unpaired) electrons. The smallest absolute Gasteiger partial charge is 0.0462 e. The highest BCUT2D eigenvalue weighted by Crippen LogP contribution is 2.36. The summed E-state index contributed by atoms with van der Waals surface area (Å²) in [5.41, 5.74) is 1.20. The lowest BCUT2D eigenvalue weighted by Crippen LogP contribution is -2.11. The van der Waals surface area contributed by atoms with E-state index >= 15 is 0 Å². The molecule has 1 N–H and O–H groups in total.